The molecule has 0 aliphatic heterocycles. The van der Waals surface area contributed by atoms with Gasteiger partial charge in [0.1, 0.15) is 11.3 Å². The summed E-state index contributed by atoms with van der Waals surface area (Å²) in [4.78, 5) is 14.4. The molecule has 0 radical (unpaired) electrons. The van der Waals surface area contributed by atoms with Crippen LogP contribution in [0.3, 0.4) is 0 Å². The van der Waals surface area contributed by atoms with Crippen LogP contribution in [0.4, 0.5) is 5.69 Å². The standard InChI is InChI=1S/C19H19NO2/c1-12-9-13(2)19-16(21)11-17(22-18(19)10-12)14-5-7-15(8-6-14)20(3)4/h5-11H,1-4H3. The third kappa shape index (κ3) is 2.50. The third-order valence-corrected chi connectivity index (χ3v) is 3.84. The molecule has 3 rings (SSSR count). The van der Waals surface area contributed by atoms with E-state index in [1.165, 1.54) is 0 Å². The van der Waals surface area contributed by atoms with Crippen LogP contribution >= 0.6 is 0 Å². The molecule has 0 aliphatic rings. The maximum atomic E-state index is 12.4. The summed E-state index contributed by atoms with van der Waals surface area (Å²) < 4.78 is 5.98. The summed E-state index contributed by atoms with van der Waals surface area (Å²) in [6.45, 7) is 3.95. The van der Waals surface area contributed by atoms with E-state index in [1.807, 2.05) is 69.2 Å². The van der Waals surface area contributed by atoms with E-state index in [0.29, 0.717) is 16.7 Å². The molecule has 0 fully saturated rings. The van der Waals surface area contributed by atoms with Gasteiger partial charge in [0.2, 0.25) is 0 Å². The van der Waals surface area contributed by atoms with Crippen LogP contribution in [0.25, 0.3) is 22.3 Å². The van der Waals surface area contributed by atoms with Gasteiger partial charge < -0.3 is 9.32 Å². The van der Waals surface area contributed by atoms with Gasteiger partial charge >= 0.3 is 0 Å². The van der Waals surface area contributed by atoms with E-state index in [4.69, 9.17) is 4.42 Å². The molecule has 3 heteroatoms. The molecule has 0 amide bonds. The quantitative estimate of drug-likeness (QED) is 0.712. The van der Waals surface area contributed by atoms with Crippen LogP contribution in [0.1, 0.15) is 11.1 Å². The maximum absolute atomic E-state index is 12.4. The number of nitrogens with zero attached hydrogens (tertiary/aromatic N) is 1. The zero-order valence-corrected chi connectivity index (χ0v) is 13.3. The Morgan fingerprint density at radius 3 is 2.27 bits per heavy atom. The fourth-order valence-corrected chi connectivity index (χ4v) is 2.73. The number of hydrogen-bond donors (Lipinski definition) is 0. The third-order valence-electron chi connectivity index (χ3n) is 3.84. The van der Waals surface area contributed by atoms with Crippen molar-refractivity contribution in [3.05, 3.63) is 63.8 Å². The molecule has 22 heavy (non-hydrogen) atoms. The predicted octanol–water partition coefficient (Wildman–Crippen LogP) is 4.14. The average Bonchev–Trinajstić information content (AvgIpc) is 2.46. The first kappa shape index (κ1) is 14.4. The highest BCUT2D eigenvalue weighted by atomic mass is 16.3. The molecule has 0 bridgehead atoms. The smallest absolute Gasteiger partial charge is 0.193 e. The summed E-state index contributed by atoms with van der Waals surface area (Å²) >= 11 is 0. The number of benzene rings is 2. The van der Waals surface area contributed by atoms with Crippen molar-refractivity contribution < 1.29 is 4.42 Å². The van der Waals surface area contributed by atoms with Crippen LogP contribution < -0.4 is 10.3 Å². The van der Waals surface area contributed by atoms with Gasteiger partial charge in [-0.2, -0.15) is 0 Å². The number of fused-ring (bicyclic) bond motifs is 1. The number of hydrogen-bond acceptors (Lipinski definition) is 3. The first-order valence-corrected chi connectivity index (χ1v) is 7.28. The summed E-state index contributed by atoms with van der Waals surface area (Å²) in [6.07, 6.45) is 0. The Bertz CT molecular complexity index is 890. The zero-order valence-electron chi connectivity index (χ0n) is 13.3. The highest BCUT2D eigenvalue weighted by Gasteiger charge is 2.10. The van der Waals surface area contributed by atoms with Gasteiger partial charge in [0, 0.05) is 31.4 Å². The monoisotopic (exact) mass is 293 g/mol. The summed E-state index contributed by atoms with van der Waals surface area (Å²) in [5.41, 5.74) is 4.72. The lowest BCUT2D eigenvalue weighted by molar-refractivity contribution is 0.618. The van der Waals surface area contributed by atoms with E-state index in [9.17, 15) is 4.79 Å². The molecule has 0 spiro atoms. The SMILES string of the molecule is Cc1cc(C)c2c(=O)cc(-c3ccc(N(C)C)cc3)oc2c1. The van der Waals surface area contributed by atoms with Gasteiger partial charge in [-0.3, -0.25) is 4.79 Å². The second-order valence-corrected chi connectivity index (χ2v) is 5.87. The van der Waals surface area contributed by atoms with Crippen LogP contribution in [0.2, 0.25) is 0 Å². The van der Waals surface area contributed by atoms with E-state index >= 15 is 0 Å². The van der Waals surface area contributed by atoms with Crippen molar-refractivity contribution in [1.29, 1.82) is 0 Å². The van der Waals surface area contributed by atoms with E-state index in [2.05, 4.69) is 0 Å². The first-order chi connectivity index (χ1) is 10.5. The highest BCUT2D eigenvalue weighted by Crippen LogP contribution is 2.26. The van der Waals surface area contributed by atoms with Crippen LogP contribution in [0, 0.1) is 13.8 Å². The van der Waals surface area contributed by atoms with Crippen LogP contribution in [-0.2, 0) is 0 Å². The Morgan fingerprint density at radius 2 is 1.64 bits per heavy atom. The van der Waals surface area contributed by atoms with Gasteiger partial charge in [0.15, 0.2) is 5.43 Å². The van der Waals surface area contributed by atoms with E-state index in [0.717, 1.165) is 22.4 Å². The van der Waals surface area contributed by atoms with Crippen molar-refractivity contribution in [2.24, 2.45) is 0 Å². The molecule has 112 valence electrons. The van der Waals surface area contributed by atoms with E-state index in [-0.39, 0.29) is 5.43 Å². The molecule has 1 aromatic heterocycles. The summed E-state index contributed by atoms with van der Waals surface area (Å²) in [5, 5.41) is 0.666. The van der Waals surface area contributed by atoms with Gasteiger partial charge in [-0.15, -0.1) is 0 Å². The number of anilines is 1. The minimum atomic E-state index is 0.00503. The average molecular weight is 293 g/mol. The Hall–Kier alpha value is -2.55. The van der Waals surface area contributed by atoms with Crippen molar-refractivity contribution in [2.45, 2.75) is 13.8 Å². The van der Waals surface area contributed by atoms with Crippen molar-refractivity contribution in [1.82, 2.24) is 0 Å². The summed E-state index contributed by atoms with van der Waals surface area (Å²) in [7, 11) is 3.99. The lowest BCUT2D eigenvalue weighted by atomic mass is 10.1. The molecule has 0 aliphatic carbocycles. The minimum absolute atomic E-state index is 0.00503. The van der Waals surface area contributed by atoms with Gasteiger partial charge in [-0.05, 0) is 55.3 Å². The predicted molar refractivity (Wildman–Crippen MR) is 91.7 cm³/mol. The fraction of sp³-hybridized carbons (Fsp3) is 0.211. The lowest BCUT2D eigenvalue weighted by Gasteiger charge is -2.12. The van der Waals surface area contributed by atoms with Crippen LogP contribution in [0.5, 0.6) is 0 Å². The Kier molecular flexibility index (Phi) is 3.49. The minimum Gasteiger partial charge on any atom is -0.456 e. The number of aryl methyl sites for hydroxylation is 2. The van der Waals surface area contributed by atoms with Gasteiger partial charge in [-0.25, -0.2) is 0 Å². The molecule has 0 saturated heterocycles. The largest absolute Gasteiger partial charge is 0.456 e. The first-order valence-electron chi connectivity index (χ1n) is 7.28. The van der Waals surface area contributed by atoms with Gasteiger partial charge in [-0.1, -0.05) is 6.07 Å². The Morgan fingerprint density at radius 1 is 0.955 bits per heavy atom. The molecule has 0 unspecified atom stereocenters. The topological polar surface area (TPSA) is 33.5 Å². The van der Waals surface area contributed by atoms with E-state index < -0.39 is 0 Å². The normalized spacial score (nSPS) is 10.9. The molecule has 0 N–H and O–H groups in total. The highest BCUT2D eigenvalue weighted by molar-refractivity contribution is 5.82. The molecule has 3 aromatic rings. The Labute approximate surface area is 129 Å². The Balaban J connectivity index is 2.17. The molecule has 3 nitrogen and oxygen atoms in total. The van der Waals surface area contributed by atoms with E-state index in [1.54, 1.807) is 6.07 Å². The maximum Gasteiger partial charge on any atom is 0.193 e. The molecular weight excluding hydrogens is 274 g/mol. The van der Waals surface area contributed by atoms with Gasteiger partial charge in [0.05, 0.1) is 5.39 Å². The van der Waals surface area contributed by atoms with Crippen molar-refractivity contribution >= 4 is 16.7 Å². The second kappa shape index (κ2) is 5.34. The molecule has 1 heterocycles. The lowest BCUT2D eigenvalue weighted by Crippen LogP contribution is -2.08. The van der Waals surface area contributed by atoms with Crippen molar-refractivity contribution in [2.75, 3.05) is 19.0 Å². The van der Waals surface area contributed by atoms with Crippen LogP contribution in [-0.4, -0.2) is 14.1 Å². The molecule has 2 aromatic carbocycles. The van der Waals surface area contributed by atoms with Crippen molar-refractivity contribution in [3.63, 3.8) is 0 Å². The van der Waals surface area contributed by atoms with Crippen molar-refractivity contribution in [3.8, 4) is 11.3 Å². The van der Waals surface area contributed by atoms with Gasteiger partial charge in [0.25, 0.3) is 0 Å². The molecule has 0 saturated carbocycles. The van der Waals surface area contributed by atoms with Crippen LogP contribution in [0.15, 0.2) is 51.7 Å². The zero-order chi connectivity index (χ0) is 15.9. The summed E-state index contributed by atoms with van der Waals surface area (Å²) in [6, 6.07) is 13.5. The fourth-order valence-electron chi connectivity index (χ4n) is 2.73. The second-order valence-electron chi connectivity index (χ2n) is 5.87. The molecular formula is C19H19NO2. The number of rotatable bonds is 2. The summed E-state index contributed by atoms with van der Waals surface area (Å²) in [5.74, 6) is 0.604. The molecule has 0 atom stereocenters.